The third-order valence-electron chi connectivity index (χ3n) is 4.25. The second-order valence-corrected chi connectivity index (χ2v) is 7.94. The Bertz CT molecular complexity index is 1050. The lowest BCUT2D eigenvalue weighted by Gasteiger charge is -2.33. The van der Waals surface area contributed by atoms with E-state index in [4.69, 9.17) is 23.2 Å². The van der Waals surface area contributed by atoms with Crippen LogP contribution in [0.25, 0.3) is 6.08 Å². The number of barbiturate groups is 1. The lowest BCUT2D eigenvalue weighted by atomic mass is 10.1. The first kappa shape index (κ1) is 19.4. The highest BCUT2D eigenvalue weighted by molar-refractivity contribution is 7.10. The van der Waals surface area contributed by atoms with Gasteiger partial charge in [-0.1, -0.05) is 29.3 Å². The Hall–Kier alpha value is -2.93. The van der Waals surface area contributed by atoms with Crippen molar-refractivity contribution in [1.82, 2.24) is 0 Å². The van der Waals surface area contributed by atoms with E-state index >= 15 is 0 Å². The van der Waals surface area contributed by atoms with Crippen LogP contribution in [0.1, 0.15) is 4.88 Å². The first-order chi connectivity index (χ1) is 14.0. The zero-order valence-electron chi connectivity index (χ0n) is 14.7. The third-order valence-corrected chi connectivity index (χ3v) is 5.57. The Balaban J connectivity index is 1.86. The van der Waals surface area contributed by atoms with Crippen LogP contribution in [-0.4, -0.2) is 17.8 Å². The molecule has 1 aromatic heterocycles. The quantitative estimate of drug-likeness (QED) is 0.389. The summed E-state index contributed by atoms with van der Waals surface area (Å²) in [6.45, 7) is 0. The number of rotatable bonds is 3. The molecule has 4 rings (SSSR count). The average Bonchev–Trinajstić information content (AvgIpc) is 3.21. The SMILES string of the molecule is O=C1C(=Cc2cccs2)C(=O)N(c2ccc(Cl)cc2)C(=O)N1c1ccc(Cl)cc1. The van der Waals surface area contributed by atoms with Gasteiger partial charge in [0, 0.05) is 14.9 Å². The van der Waals surface area contributed by atoms with Crippen molar-refractivity contribution in [3.8, 4) is 0 Å². The highest BCUT2D eigenvalue weighted by Crippen LogP contribution is 2.31. The van der Waals surface area contributed by atoms with Crippen LogP contribution >= 0.6 is 34.5 Å². The minimum absolute atomic E-state index is 0.114. The summed E-state index contributed by atoms with van der Waals surface area (Å²) in [6.07, 6.45) is 1.49. The Morgan fingerprint density at radius 2 is 1.21 bits per heavy atom. The van der Waals surface area contributed by atoms with E-state index in [1.807, 2.05) is 11.4 Å². The molecular formula is C21H12Cl2N2O3S. The fourth-order valence-electron chi connectivity index (χ4n) is 2.88. The van der Waals surface area contributed by atoms with Crippen LogP contribution in [0.15, 0.2) is 71.6 Å². The van der Waals surface area contributed by atoms with Crippen molar-refractivity contribution in [1.29, 1.82) is 0 Å². The molecule has 1 aliphatic rings. The minimum atomic E-state index is -0.770. The summed E-state index contributed by atoms with van der Waals surface area (Å²) in [7, 11) is 0. The Morgan fingerprint density at radius 1 is 0.724 bits per heavy atom. The number of urea groups is 1. The number of anilines is 2. The second kappa shape index (κ2) is 7.83. The molecule has 3 aromatic rings. The van der Waals surface area contributed by atoms with Crippen LogP contribution < -0.4 is 9.80 Å². The van der Waals surface area contributed by atoms with Gasteiger partial charge in [0.1, 0.15) is 5.57 Å². The highest BCUT2D eigenvalue weighted by Gasteiger charge is 2.43. The number of nitrogens with zero attached hydrogens (tertiary/aromatic N) is 2. The van der Waals surface area contributed by atoms with Gasteiger partial charge in [-0.15, -0.1) is 11.3 Å². The Kier molecular flexibility index (Phi) is 5.24. The average molecular weight is 443 g/mol. The van der Waals surface area contributed by atoms with Gasteiger partial charge >= 0.3 is 6.03 Å². The molecule has 1 saturated heterocycles. The van der Waals surface area contributed by atoms with Gasteiger partial charge in [-0.2, -0.15) is 0 Å². The molecule has 0 bridgehead atoms. The molecule has 4 amide bonds. The summed E-state index contributed by atoms with van der Waals surface area (Å²) in [4.78, 5) is 42.1. The van der Waals surface area contributed by atoms with Crippen LogP contribution in [0.2, 0.25) is 10.0 Å². The monoisotopic (exact) mass is 442 g/mol. The highest BCUT2D eigenvalue weighted by atomic mass is 35.5. The maximum absolute atomic E-state index is 13.2. The zero-order valence-corrected chi connectivity index (χ0v) is 17.0. The van der Waals surface area contributed by atoms with Gasteiger partial charge in [-0.05, 0) is 66.1 Å². The van der Waals surface area contributed by atoms with Gasteiger partial charge in [0.05, 0.1) is 11.4 Å². The number of carbonyl (C=O) groups excluding carboxylic acids is 3. The topological polar surface area (TPSA) is 57.7 Å². The number of carbonyl (C=O) groups is 3. The summed E-state index contributed by atoms with van der Waals surface area (Å²) < 4.78 is 0. The van der Waals surface area contributed by atoms with E-state index in [2.05, 4.69) is 0 Å². The van der Waals surface area contributed by atoms with Gasteiger partial charge < -0.3 is 0 Å². The van der Waals surface area contributed by atoms with E-state index in [1.54, 1.807) is 54.6 Å². The number of thiophene rings is 1. The van der Waals surface area contributed by atoms with E-state index in [9.17, 15) is 14.4 Å². The van der Waals surface area contributed by atoms with Crippen molar-refractivity contribution in [2.24, 2.45) is 0 Å². The van der Waals surface area contributed by atoms with Crippen molar-refractivity contribution >= 4 is 69.8 Å². The van der Waals surface area contributed by atoms with Gasteiger partial charge in [0.2, 0.25) is 0 Å². The third kappa shape index (κ3) is 3.70. The molecule has 0 N–H and O–H groups in total. The number of imide groups is 2. The molecule has 1 fully saturated rings. The van der Waals surface area contributed by atoms with Gasteiger partial charge in [0.25, 0.3) is 11.8 Å². The largest absolute Gasteiger partial charge is 0.343 e. The predicted molar refractivity (Wildman–Crippen MR) is 116 cm³/mol. The van der Waals surface area contributed by atoms with Gasteiger partial charge in [-0.25, -0.2) is 14.6 Å². The summed E-state index contributed by atoms with van der Waals surface area (Å²) in [5.41, 5.74) is 0.512. The second-order valence-electron chi connectivity index (χ2n) is 6.09. The van der Waals surface area contributed by atoms with E-state index < -0.39 is 17.8 Å². The number of halogens is 2. The standard InChI is InChI=1S/C21H12Cl2N2O3S/c22-13-3-7-15(8-4-13)24-19(26)18(12-17-2-1-11-29-17)20(27)25(21(24)28)16-9-5-14(23)6-10-16/h1-12H. The maximum atomic E-state index is 13.2. The summed E-state index contributed by atoms with van der Waals surface area (Å²) in [5.74, 6) is -1.39. The molecule has 0 unspecified atom stereocenters. The molecule has 5 nitrogen and oxygen atoms in total. The van der Waals surface area contributed by atoms with Crippen molar-refractivity contribution in [2.75, 3.05) is 9.80 Å². The molecule has 0 radical (unpaired) electrons. The number of hydrogen-bond donors (Lipinski definition) is 0. The first-order valence-electron chi connectivity index (χ1n) is 8.45. The van der Waals surface area contributed by atoms with Crippen LogP contribution in [0.4, 0.5) is 16.2 Å². The molecule has 1 aliphatic heterocycles. The lowest BCUT2D eigenvalue weighted by Crippen LogP contribution is -2.57. The molecule has 0 atom stereocenters. The molecule has 29 heavy (non-hydrogen) atoms. The summed E-state index contributed by atoms with van der Waals surface area (Å²) >= 11 is 13.2. The molecule has 8 heteroatoms. The first-order valence-corrected chi connectivity index (χ1v) is 10.1. The number of hydrogen-bond acceptors (Lipinski definition) is 4. The molecule has 2 heterocycles. The van der Waals surface area contributed by atoms with Gasteiger partial charge in [0.15, 0.2) is 0 Å². The van der Waals surface area contributed by atoms with E-state index in [0.717, 1.165) is 14.7 Å². The van der Waals surface area contributed by atoms with Crippen LogP contribution in [0, 0.1) is 0 Å². The smallest absolute Gasteiger partial charge is 0.268 e. The zero-order chi connectivity index (χ0) is 20.5. The van der Waals surface area contributed by atoms with Crippen molar-refractivity contribution < 1.29 is 14.4 Å². The summed E-state index contributed by atoms with van der Waals surface area (Å²) in [6, 6.07) is 15.3. The molecule has 0 aliphatic carbocycles. The number of benzene rings is 2. The molecule has 2 aromatic carbocycles. The van der Waals surface area contributed by atoms with E-state index in [0.29, 0.717) is 21.4 Å². The van der Waals surface area contributed by atoms with Crippen molar-refractivity contribution in [3.63, 3.8) is 0 Å². The van der Waals surface area contributed by atoms with Crippen molar-refractivity contribution in [3.05, 3.63) is 86.5 Å². The van der Waals surface area contributed by atoms with Crippen LogP contribution in [0.3, 0.4) is 0 Å². The fraction of sp³-hybridized carbons (Fsp3) is 0. The molecular weight excluding hydrogens is 431 g/mol. The normalized spacial score (nSPS) is 14.6. The fourth-order valence-corrected chi connectivity index (χ4v) is 3.79. The van der Waals surface area contributed by atoms with Crippen molar-refractivity contribution in [2.45, 2.75) is 0 Å². The van der Waals surface area contributed by atoms with E-state index in [1.165, 1.54) is 17.4 Å². The number of amides is 4. The van der Waals surface area contributed by atoms with Gasteiger partial charge in [-0.3, -0.25) is 9.59 Å². The Labute approximate surface area is 180 Å². The molecule has 0 saturated carbocycles. The molecule has 0 spiro atoms. The lowest BCUT2D eigenvalue weighted by molar-refractivity contribution is -0.121. The maximum Gasteiger partial charge on any atom is 0.343 e. The summed E-state index contributed by atoms with van der Waals surface area (Å²) in [5, 5.41) is 2.76. The van der Waals surface area contributed by atoms with Crippen LogP contribution in [-0.2, 0) is 9.59 Å². The van der Waals surface area contributed by atoms with Crippen LogP contribution in [0.5, 0.6) is 0 Å². The van der Waals surface area contributed by atoms with E-state index in [-0.39, 0.29) is 5.57 Å². The molecule has 144 valence electrons. The Morgan fingerprint density at radius 3 is 1.62 bits per heavy atom. The minimum Gasteiger partial charge on any atom is -0.268 e. The predicted octanol–water partition coefficient (Wildman–Crippen LogP) is 5.64.